The molecule has 2 atom stereocenters. The lowest BCUT2D eigenvalue weighted by molar-refractivity contribution is 0.193. The fourth-order valence-electron chi connectivity index (χ4n) is 2.35. The van der Waals surface area contributed by atoms with Crippen molar-refractivity contribution in [3.05, 3.63) is 34.3 Å². The van der Waals surface area contributed by atoms with Gasteiger partial charge in [0.15, 0.2) is 0 Å². The highest BCUT2D eigenvalue weighted by Crippen LogP contribution is 2.29. The van der Waals surface area contributed by atoms with Crippen molar-refractivity contribution in [2.45, 2.75) is 18.5 Å². The molecule has 1 fully saturated rings. The molecule has 1 heterocycles. The van der Waals surface area contributed by atoms with Crippen LogP contribution in [-0.2, 0) is 0 Å². The highest BCUT2D eigenvalue weighted by Gasteiger charge is 2.26. The molecule has 2 rings (SSSR count). The summed E-state index contributed by atoms with van der Waals surface area (Å²) in [6.07, 6.45) is 1.28. The summed E-state index contributed by atoms with van der Waals surface area (Å²) < 4.78 is 1.13. The summed E-state index contributed by atoms with van der Waals surface area (Å²) in [6, 6.07) is 9.49. The maximum Gasteiger partial charge on any atom is 0.0471 e. The lowest BCUT2D eigenvalue weighted by Gasteiger charge is -2.32. The van der Waals surface area contributed by atoms with E-state index < -0.39 is 0 Å². The molecule has 0 radical (unpaired) electrons. The van der Waals surface area contributed by atoms with Gasteiger partial charge < -0.3 is 5.73 Å². The number of thioether (sulfide) groups is 1. The van der Waals surface area contributed by atoms with Crippen molar-refractivity contribution in [1.29, 1.82) is 0 Å². The first-order valence-electron chi connectivity index (χ1n) is 5.97. The number of hydrogen-bond donors (Lipinski definition) is 1. The zero-order valence-corrected chi connectivity index (χ0v) is 12.5. The van der Waals surface area contributed by atoms with E-state index in [0.717, 1.165) is 4.47 Å². The third kappa shape index (κ3) is 3.25. The van der Waals surface area contributed by atoms with Crippen molar-refractivity contribution < 1.29 is 0 Å². The summed E-state index contributed by atoms with van der Waals surface area (Å²) in [7, 11) is 2.20. The van der Waals surface area contributed by atoms with E-state index in [1.165, 1.54) is 23.5 Å². The first-order chi connectivity index (χ1) is 8.22. The molecule has 0 bridgehead atoms. The van der Waals surface area contributed by atoms with Crippen LogP contribution in [0.5, 0.6) is 0 Å². The molecule has 2 nitrogen and oxygen atoms in total. The fourth-order valence-corrected chi connectivity index (χ4v) is 4.05. The Kier molecular flexibility index (Phi) is 4.91. The second kappa shape index (κ2) is 6.23. The SMILES string of the molecule is CN(C1CCSC1)C(CN)c1cccc(Br)c1. The Morgan fingerprint density at radius 2 is 2.41 bits per heavy atom. The largest absolute Gasteiger partial charge is 0.329 e. The van der Waals surface area contributed by atoms with E-state index in [4.69, 9.17) is 5.73 Å². The molecule has 4 heteroatoms. The summed E-state index contributed by atoms with van der Waals surface area (Å²) in [6.45, 7) is 0.675. The molecular weight excluding hydrogens is 296 g/mol. The summed E-state index contributed by atoms with van der Waals surface area (Å²) >= 11 is 5.57. The summed E-state index contributed by atoms with van der Waals surface area (Å²) in [4.78, 5) is 2.45. The Morgan fingerprint density at radius 3 is 3.00 bits per heavy atom. The van der Waals surface area contributed by atoms with Gasteiger partial charge in [-0.05, 0) is 36.9 Å². The van der Waals surface area contributed by atoms with E-state index in [-0.39, 0.29) is 0 Å². The number of hydrogen-bond acceptors (Lipinski definition) is 3. The minimum Gasteiger partial charge on any atom is -0.329 e. The monoisotopic (exact) mass is 314 g/mol. The number of benzene rings is 1. The maximum atomic E-state index is 5.96. The first kappa shape index (κ1) is 13.4. The third-order valence-electron chi connectivity index (χ3n) is 3.43. The van der Waals surface area contributed by atoms with Crippen LogP contribution in [-0.4, -0.2) is 36.0 Å². The van der Waals surface area contributed by atoms with E-state index in [0.29, 0.717) is 18.6 Å². The van der Waals surface area contributed by atoms with Crippen LogP contribution in [0.1, 0.15) is 18.0 Å². The number of nitrogens with two attached hydrogens (primary N) is 1. The van der Waals surface area contributed by atoms with Crippen LogP contribution in [0.15, 0.2) is 28.7 Å². The Morgan fingerprint density at radius 1 is 1.59 bits per heavy atom. The van der Waals surface area contributed by atoms with E-state index >= 15 is 0 Å². The van der Waals surface area contributed by atoms with Gasteiger partial charge >= 0.3 is 0 Å². The molecule has 0 aliphatic carbocycles. The van der Waals surface area contributed by atoms with Crippen molar-refractivity contribution in [3.8, 4) is 0 Å². The van der Waals surface area contributed by atoms with E-state index in [1.54, 1.807) is 0 Å². The molecule has 0 aromatic heterocycles. The fraction of sp³-hybridized carbons (Fsp3) is 0.538. The number of rotatable bonds is 4. The molecule has 17 heavy (non-hydrogen) atoms. The maximum absolute atomic E-state index is 5.96. The van der Waals surface area contributed by atoms with Crippen LogP contribution in [0.3, 0.4) is 0 Å². The van der Waals surface area contributed by atoms with Gasteiger partial charge in [0.05, 0.1) is 0 Å². The Bertz CT molecular complexity index is 366. The van der Waals surface area contributed by atoms with E-state index in [9.17, 15) is 0 Å². The minimum absolute atomic E-state index is 0.330. The van der Waals surface area contributed by atoms with Crippen molar-refractivity contribution in [2.24, 2.45) is 5.73 Å². The van der Waals surface area contributed by atoms with Crippen LogP contribution < -0.4 is 5.73 Å². The molecule has 1 saturated heterocycles. The van der Waals surface area contributed by atoms with Gasteiger partial charge in [-0.3, -0.25) is 4.90 Å². The van der Waals surface area contributed by atoms with E-state index in [1.807, 2.05) is 11.8 Å². The average molecular weight is 315 g/mol. The topological polar surface area (TPSA) is 29.3 Å². The highest BCUT2D eigenvalue weighted by molar-refractivity contribution is 9.10. The predicted molar refractivity (Wildman–Crippen MR) is 79.4 cm³/mol. The highest BCUT2D eigenvalue weighted by atomic mass is 79.9. The summed E-state index contributed by atoms with van der Waals surface area (Å²) in [5.74, 6) is 2.52. The summed E-state index contributed by atoms with van der Waals surface area (Å²) in [5, 5.41) is 0. The number of nitrogens with zero attached hydrogens (tertiary/aromatic N) is 1. The normalized spacial score (nSPS) is 22.0. The van der Waals surface area contributed by atoms with Crippen molar-refractivity contribution in [1.82, 2.24) is 4.90 Å². The standard InChI is InChI=1S/C13H19BrN2S/c1-16(12-5-6-17-9-12)13(8-15)10-3-2-4-11(14)7-10/h2-4,7,12-13H,5-6,8-9,15H2,1H3. The van der Waals surface area contributed by atoms with Gasteiger partial charge in [0, 0.05) is 28.9 Å². The molecular formula is C13H19BrN2S. The lowest BCUT2D eigenvalue weighted by Crippen LogP contribution is -2.38. The molecule has 1 aliphatic rings. The average Bonchev–Trinajstić information content (AvgIpc) is 2.83. The molecule has 2 unspecified atom stereocenters. The minimum atomic E-state index is 0.330. The van der Waals surface area contributed by atoms with Crippen LogP contribution in [0.4, 0.5) is 0 Å². The van der Waals surface area contributed by atoms with Crippen molar-refractivity contribution in [2.75, 3.05) is 25.1 Å². The van der Waals surface area contributed by atoms with Gasteiger partial charge in [0.2, 0.25) is 0 Å². The molecule has 1 aromatic carbocycles. The second-order valence-electron chi connectivity index (χ2n) is 4.49. The zero-order chi connectivity index (χ0) is 12.3. The second-order valence-corrected chi connectivity index (χ2v) is 6.55. The molecule has 1 aromatic rings. The van der Waals surface area contributed by atoms with Gasteiger partial charge in [-0.1, -0.05) is 28.1 Å². The molecule has 0 amide bonds. The summed E-state index contributed by atoms with van der Waals surface area (Å²) in [5.41, 5.74) is 7.27. The Hall–Kier alpha value is -0.0300. The van der Waals surface area contributed by atoms with Crippen molar-refractivity contribution >= 4 is 27.7 Å². The molecule has 1 aliphatic heterocycles. The lowest BCUT2D eigenvalue weighted by atomic mass is 10.0. The van der Waals surface area contributed by atoms with Crippen molar-refractivity contribution in [3.63, 3.8) is 0 Å². The predicted octanol–water partition coefficient (Wildman–Crippen LogP) is 2.89. The first-order valence-corrected chi connectivity index (χ1v) is 7.92. The molecule has 2 N–H and O–H groups in total. The molecule has 94 valence electrons. The third-order valence-corrected chi connectivity index (χ3v) is 5.07. The Balaban J connectivity index is 2.14. The van der Waals surface area contributed by atoms with Gasteiger partial charge in [-0.2, -0.15) is 11.8 Å². The molecule has 0 saturated carbocycles. The van der Waals surface area contributed by atoms with E-state index in [2.05, 4.69) is 52.1 Å². The smallest absolute Gasteiger partial charge is 0.0471 e. The van der Waals surface area contributed by atoms with Gasteiger partial charge in [-0.15, -0.1) is 0 Å². The van der Waals surface area contributed by atoms with Crippen LogP contribution in [0, 0.1) is 0 Å². The van der Waals surface area contributed by atoms with Crippen LogP contribution >= 0.6 is 27.7 Å². The van der Waals surface area contributed by atoms with Gasteiger partial charge in [0.1, 0.15) is 0 Å². The van der Waals surface area contributed by atoms with Gasteiger partial charge in [-0.25, -0.2) is 0 Å². The number of halogens is 1. The zero-order valence-electron chi connectivity index (χ0n) is 10.1. The molecule has 0 spiro atoms. The number of likely N-dealkylation sites (N-methyl/N-ethyl adjacent to an activating group) is 1. The van der Waals surface area contributed by atoms with Crippen LogP contribution in [0.25, 0.3) is 0 Å². The van der Waals surface area contributed by atoms with Crippen LogP contribution in [0.2, 0.25) is 0 Å². The Labute approximate surface area is 116 Å². The van der Waals surface area contributed by atoms with Gasteiger partial charge in [0.25, 0.3) is 0 Å². The quantitative estimate of drug-likeness (QED) is 0.926.